The van der Waals surface area contributed by atoms with Crippen LogP contribution in [0.5, 0.6) is 0 Å². The number of carbonyl (C=O) groups excluding carboxylic acids is 1. The predicted molar refractivity (Wildman–Crippen MR) is 77.6 cm³/mol. The van der Waals surface area contributed by atoms with Crippen LogP contribution in [0.25, 0.3) is 11.0 Å². The summed E-state index contributed by atoms with van der Waals surface area (Å²) >= 11 is 6.01. The number of hydrogen-bond donors (Lipinski definition) is 2. The lowest BCUT2D eigenvalue weighted by atomic mass is 10.3. The van der Waals surface area contributed by atoms with E-state index in [9.17, 15) is 4.79 Å². The van der Waals surface area contributed by atoms with Crippen molar-refractivity contribution in [3.63, 3.8) is 0 Å². The second-order valence-electron chi connectivity index (χ2n) is 4.20. The molecule has 0 aliphatic rings. The second kappa shape index (κ2) is 5.33. The summed E-state index contributed by atoms with van der Waals surface area (Å²) in [6, 6.07) is 7.24. The molecule has 0 bridgehead atoms. The Kier molecular flexibility index (Phi) is 3.36. The minimum Gasteiger partial charge on any atom is -0.367 e. The summed E-state index contributed by atoms with van der Waals surface area (Å²) in [5.74, 6) is -0.0498. The van der Waals surface area contributed by atoms with Crippen molar-refractivity contribution in [1.29, 1.82) is 0 Å². The molecule has 0 unspecified atom stereocenters. The number of nitrogens with two attached hydrogens (primary N) is 1. The fourth-order valence-corrected chi connectivity index (χ4v) is 1.94. The van der Waals surface area contributed by atoms with Gasteiger partial charge >= 0.3 is 0 Å². The Balaban J connectivity index is 1.80. The summed E-state index contributed by atoms with van der Waals surface area (Å²) in [7, 11) is 0. The van der Waals surface area contributed by atoms with Crippen LogP contribution in [0.2, 0.25) is 5.15 Å². The van der Waals surface area contributed by atoms with Gasteiger partial charge in [-0.2, -0.15) is 0 Å². The van der Waals surface area contributed by atoms with Gasteiger partial charge in [0.15, 0.2) is 11.0 Å². The summed E-state index contributed by atoms with van der Waals surface area (Å²) in [4.78, 5) is 24.1. The Labute approximate surface area is 124 Å². The van der Waals surface area contributed by atoms with Gasteiger partial charge in [-0.15, -0.1) is 5.10 Å². The first-order chi connectivity index (χ1) is 10.1. The maximum Gasteiger partial charge on any atom is 0.247 e. The van der Waals surface area contributed by atoms with E-state index in [1.54, 1.807) is 12.1 Å². The van der Waals surface area contributed by atoms with Crippen LogP contribution >= 0.6 is 11.6 Å². The van der Waals surface area contributed by atoms with E-state index >= 15 is 0 Å². The van der Waals surface area contributed by atoms with Gasteiger partial charge in [0.05, 0.1) is 11.0 Å². The van der Waals surface area contributed by atoms with Crippen LogP contribution in [0.15, 0.2) is 30.6 Å². The molecule has 0 saturated carbocycles. The van der Waals surface area contributed by atoms with Crippen LogP contribution in [0.1, 0.15) is 0 Å². The molecule has 8 nitrogen and oxygen atoms in total. The highest BCUT2D eigenvalue weighted by Gasteiger charge is 2.11. The minimum atomic E-state index is -0.355. The second-order valence-corrected chi connectivity index (χ2v) is 4.56. The van der Waals surface area contributed by atoms with Gasteiger partial charge in [-0.3, -0.25) is 4.79 Å². The molecule has 1 aromatic carbocycles. The van der Waals surface area contributed by atoms with Gasteiger partial charge < -0.3 is 11.1 Å². The van der Waals surface area contributed by atoms with Crippen molar-refractivity contribution in [2.45, 2.75) is 6.54 Å². The van der Waals surface area contributed by atoms with Crippen LogP contribution in [-0.2, 0) is 11.3 Å². The number of fused-ring (bicyclic) bond motifs is 1. The van der Waals surface area contributed by atoms with E-state index in [2.05, 4.69) is 25.4 Å². The van der Waals surface area contributed by atoms with Crippen molar-refractivity contribution in [3.8, 4) is 0 Å². The molecule has 0 atom stereocenters. The Bertz CT molecular complexity index is 816. The molecule has 3 N–H and O–H groups in total. The fraction of sp³-hybridized carbons (Fsp3) is 0.0833. The molecule has 106 valence electrons. The number of hydrogen-bond acceptors (Lipinski definition) is 6. The number of nitrogen functional groups attached to an aromatic ring is 1. The largest absolute Gasteiger partial charge is 0.367 e. The number of para-hydroxylation sites is 2. The van der Waals surface area contributed by atoms with E-state index in [0.717, 1.165) is 0 Å². The number of aromatic nitrogens is 5. The number of nitrogens with one attached hydrogen (secondary N) is 1. The molecule has 2 heterocycles. The molecule has 3 rings (SSSR count). The first kappa shape index (κ1) is 13.3. The summed E-state index contributed by atoms with van der Waals surface area (Å²) in [6.45, 7) is -0.0466. The third-order valence-corrected chi connectivity index (χ3v) is 2.91. The molecular weight excluding hydrogens is 294 g/mol. The monoisotopic (exact) mass is 303 g/mol. The highest BCUT2D eigenvalue weighted by Crippen LogP contribution is 2.20. The van der Waals surface area contributed by atoms with Crippen molar-refractivity contribution in [2.24, 2.45) is 0 Å². The van der Waals surface area contributed by atoms with Gasteiger partial charge in [0.1, 0.15) is 12.9 Å². The summed E-state index contributed by atoms with van der Waals surface area (Å²) in [6.07, 6.45) is 1.36. The molecule has 2 aromatic heterocycles. The lowest BCUT2D eigenvalue weighted by molar-refractivity contribution is -0.116. The Morgan fingerprint density at radius 1 is 1.29 bits per heavy atom. The van der Waals surface area contributed by atoms with Gasteiger partial charge in [-0.05, 0) is 12.1 Å². The van der Waals surface area contributed by atoms with Crippen molar-refractivity contribution in [2.75, 3.05) is 11.1 Å². The maximum atomic E-state index is 11.9. The number of carbonyl (C=O) groups is 1. The minimum absolute atomic E-state index is 0.0466. The first-order valence-corrected chi connectivity index (χ1v) is 6.36. The Hall–Kier alpha value is -2.74. The Morgan fingerprint density at radius 3 is 2.67 bits per heavy atom. The van der Waals surface area contributed by atoms with Gasteiger partial charge in [0.25, 0.3) is 0 Å². The quantitative estimate of drug-likeness (QED) is 0.749. The third kappa shape index (κ3) is 2.90. The van der Waals surface area contributed by atoms with E-state index in [1.807, 2.05) is 12.1 Å². The van der Waals surface area contributed by atoms with Crippen LogP contribution < -0.4 is 11.1 Å². The third-order valence-electron chi connectivity index (χ3n) is 2.65. The number of amides is 1. The van der Waals surface area contributed by atoms with E-state index < -0.39 is 0 Å². The number of anilines is 2. The predicted octanol–water partition coefficient (Wildman–Crippen LogP) is 1.10. The number of halogens is 1. The van der Waals surface area contributed by atoms with Crippen LogP contribution in [0, 0.1) is 0 Å². The SMILES string of the molecule is Nc1ncn(CC(=O)Nc2nc3ccccc3nc2Cl)n1. The maximum absolute atomic E-state index is 11.9. The first-order valence-electron chi connectivity index (χ1n) is 5.99. The van der Waals surface area contributed by atoms with E-state index in [1.165, 1.54) is 11.0 Å². The van der Waals surface area contributed by atoms with Gasteiger partial charge in [-0.1, -0.05) is 23.7 Å². The molecule has 3 aromatic rings. The van der Waals surface area contributed by atoms with Crippen molar-refractivity contribution in [3.05, 3.63) is 35.7 Å². The van der Waals surface area contributed by atoms with Crippen LogP contribution in [0.3, 0.4) is 0 Å². The van der Waals surface area contributed by atoms with Gasteiger partial charge in [0, 0.05) is 0 Å². The molecule has 0 fully saturated rings. The molecule has 0 spiro atoms. The molecular formula is C12H10ClN7O. The van der Waals surface area contributed by atoms with Gasteiger partial charge in [-0.25, -0.2) is 19.6 Å². The van der Waals surface area contributed by atoms with Gasteiger partial charge in [0.2, 0.25) is 11.9 Å². The fourth-order valence-electron chi connectivity index (χ4n) is 1.76. The average molecular weight is 304 g/mol. The van der Waals surface area contributed by atoms with Crippen molar-refractivity contribution in [1.82, 2.24) is 24.7 Å². The Morgan fingerprint density at radius 2 is 2.00 bits per heavy atom. The van der Waals surface area contributed by atoms with E-state index in [-0.39, 0.29) is 29.4 Å². The average Bonchev–Trinajstić information content (AvgIpc) is 2.85. The van der Waals surface area contributed by atoms with E-state index in [4.69, 9.17) is 17.3 Å². The van der Waals surface area contributed by atoms with E-state index in [0.29, 0.717) is 11.0 Å². The molecule has 21 heavy (non-hydrogen) atoms. The standard InChI is InChI=1S/C12H10ClN7O/c13-10-11(17-8-4-2-1-3-7(8)16-10)18-9(21)5-20-6-15-12(14)19-20/h1-4,6H,5H2,(H2,14,19)(H,17,18,21). The molecule has 1 amide bonds. The molecule has 9 heteroatoms. The number of benzene rings is 1. The van der Waals surface area contributed by atoms with Crippen LogP contribution in [0.4, 0.5) is 11.8 Å². The molecule has 0 saturated heterocycles. The number of nitrogens with zero attached hydrogens (tertiary/aromatic N) is 5. The summed E-state index contributed by atoms with van der Waals surface area (Å²) in [5.41, 5.74) is 6.67. The number of rotatable bonds is 3. The lowest BCUT2D eigenvalue weighted by Crippen LogP contribution is -2.20. The lowest BCUT2D eigenvalue weighted by Gasteiger charge is -2.07. The highest BCUT2D eigenvalue weighted by molar-refractivity contribution is 6.32. The smallest absolute Gasteiger partial charge is 0.247 e. The summed E-state index contributed by atoms with van der Waals surface area (Å²) in [5, 5.41) is 6.53. The molecule has 0 aliphatic carbocycles. The zero-order valence-corrected chi connectivity index (χ0v) is 11.4. The highest BCUT2D eigenvalue weighted by atomic mass is 35.5. The zero-order chi connectivity index (χ0) is 14.8. The van der Waals surface area contributed by atoms with Crippen LogP contribution in [-0.4, -0.2) is 30.6 Å². The normalized spacial score (nSPS) is 10.7. The van der Waals surface area contributed by atoms with Crippen molar-refractivity contribution < 1.29 is 4.79 Å². The topological polar surface area (TPSA) is 112 Å². The molecule has 0 radical (unpaired) electrons. The van der Waals surface area contributed by atoms with Crippen molar-refractivity contribution >= 4 is 40.3 Å². The molecule has 0 aliphatic heterocycles. The summed E-state index contributed by atoms with van der Waals surface area (Å²) < 4.78 is 1.31. The zero-order valence-electron chi connectivity index (χ0n) is 10.7.